The predicted octanol–water partition coefficient (Wildman–Crippen LogP) is 3.35. The molecule has 2 rings (SSSR count). The Labute approximate surface area is 110 Å². The summed E-state index contributed by atoms with van der Waals surface area (Å²) in [6.07, 6.45) is 14.5. The Morgan fingerprint density at radius 2 is 2.17 bits per heavy atom. The van der Waals surface area contributed by atoms with Crippen LogP contribution in [0.3, 0.4) is 0 Å². The second kappa shape index (κ2) is 6.74. The third kappa shape index (κ3) is 3.45. The molecule has 0 spiro atoms. The van der Waals surface area contributed by atoms with Gasteiger partial charge in [0.15, 0.2) is 0 Å². The van der Waals surface area contributed by atoms with Gasteiger partial charge in [0.25, 0.3) is 0 Å². The molecule has 1 atom stereocenters. The van der Waals surface area contributed by atoms with Gasteiger partial charge in [-0.2, -0.15) is 5.10 Å². The Hall–Kier alpha value is -1.09. The minimum Gasteiger partial charge on any atom is -0.307 e. The molecule has 0 aliphatic heterocycles. The van der Waals surface area contributed by atoms with Crippen LogP contribution < -0.4 is 5.32 Å². The molecular formula is C15H25N3. The summed E-state index contributed by atoms with van der Waals surface area (Å²) in [5, 5.41) is 7.91. The molecule has 0 radical (unpaired) electrons. The Bertz CT molecular complexity index is 392. The van der Waals surface area contributed by atoms with Crippen LogP contribution in [-0.4, -0.2) is 16.3 Å². The number of aryl methyl sites for hydroxylation is 1. The van der Waals surface area contributed by atoms with Crippen molar-refractivity contribution in [1.29, 1.82) is 0 Å². The van der Waals surface area contributed by atoms with E-state index in [4.69, 9.17) is 0 Å². The number of aromatic nitrogens is 2. The number of allylic oxidation sites excluding steroid dienone is 1. The number of rotatable bonds is 4. The maximum absolute atomic E-state index is 4.31. The SMILES string of the molecule is CCNC(C1=CCCCCCC1)c1cnn(C)c1. The van der Waals surface area contributed by atoms with Crippen LogP contribution in [0, 0.1) is 0 Å². The Balaban J connectivity index is 2.17. The maximum atomic E-state index is 4.31. The summed E-state index contributed by atoms with van der Waals surface area (Å²) in [5.74, 6) is 0. The van der Waals surface area contributed by atoms with Gasteiger partial charge in [-0.05, 0) is 32.2 Å². The maximum Gasteiger partial charge on any atom is 0.0567 e. The summed E-state index contributed by atoms with van der Waals surface area (Å²) >= 11 is 0. The first kappa shape index (κ1) is 13.3. The third-order valence-electron chi connectivity index (χ3n) is 3.66. The van der Waals surface area contributed by atoms with Crippen LogP contribution >= 0.6 is 0 Å². The molecule has 1 unspecified atom stereocenters. The summed E-state index contributed by atoms with van der Waals surface area (Å²) in [4.78, 5) is 0. The topological polar surface area (TPSA) is 29.9 Å². The third-order valence-corrected chi connectivity index (χ3v) is 3.66. The van der Waals surface area contributed by atoms with Gasteiger partial charge in [-0.3, -0.25) is 4.68 Å². The summed E-state index contributed by atoms with van der Waals surface area (Å²) in [6, 6.07) is 0.363. The lowest BCUT2D eigenvalue weighted by Gasteiger charge is -2.22. The molecule has 100 valence electrons. The number of likely N-dealkylation sites (N-methyl/N-ethyl adjacent to an activating group) is 1. The van der Waals surface area contributed by atoms with E-state index in [1.54, 1.807) is 5.57 Å². The van der Waals surface area contributed by atoms with Gasteiger partial charge < -0.3 is 5.32 Å². The number of nitrogens with one attached hydrogen (secondary N) is 1. The monoisotopic (exact) mass is 247 g/mol. The highest BCUT2D eigenvalue weighted by molar-refractivity contribution is 5.24. The van der Waals surface area contributed by atoms with Gasteiger partial charge in [0.05, 0.1) is 12.2 Å². The predicted molar refractivity (Wildman–Crippen MR) is 75.4 cm³/mol. The first-order chi connectivity index (χ1) is 8.81. The molecule has 0 fully saturated rings. The van der Waals surface area contributed by atoms with E-state index in [1.807, 2.05) is 17.9 Å². The van der Waals surface area contributed by atoms with E-state index in [0.717, 1.165) is 6.54 Å². The van der Waals surface area contributed by atoms with E-state index < -0.39 is 0 Å². The van der Waals surface area contributed by atoms with Crippen LogP contribution in [0.4, 0.5) is 0 Å². The van der Waals surface area contributed by atoms with Crippen LogP contribution in [-0.2, 0) is 7.05 Å². The largest absolute Gasteiger partial charge is 0.307 e. The van der Waals surface area contributed by atoms with Crippen LogP contribution in [0.5, 0.6) is 0 Å². The number of hydrogen-bond acceptors (Lipinski definition) is 2. The highest BCUT2D eigenvalue weighted by Crippen LogP contribution is 2.28. The average molecular weight is 247 g/mol. The van der Waals surface area contributed by atoms with Crippen molar-refractivity contribution < 1.29 is 0 Å². The fourth-order valence-electron chi connectivity index (χ4n) is 2.74. The fourth-order valence-corrected chi connectivity index (χ4v) is 2.74. The second-order valence-corrected chi connectivity index (χ2v) is 5.17. The molecule has 1 heterocycles. The van der Waals surface area contributed by atoms with Gasteiger partial charge in [-0.1, -0.05) is 31.4 Å². The van der Waals surface area contributed by atoms with Crippen molar-refractivity contribution in [2.24, 2.45) is 7.05 Å². The summed E-state index contributed by atoms with van der Waals surface area (Å²) in [5.41, 5.74) is 2.86. The molecule has 0 bridgehead atoms. The summed E-state index contributed by atoms with van der Waals surface area (Å²) in [7, 11) is 1.99. The standard InChI is InChI=1S/C15H25N3/c1-3-16-15(14-11-17-18(2)12-14)13-9-7-5-4-6-8-10-13/h9,11-12,15-16H,3-8,10H2,1-2H3. The minimum absolute atomic E-state index is 0.363. The molecule has 1 aliphatic rings. The highest BCUT2D eigenvalue weighted by Gasteiger charge is 2.17. The molecular weight excluding hydrogens is 222 g/mol. The van der Waals surface area contributed by atoms with Gasteiger partial charge in [0, 0.05) is 18.8 Å². The zero-order valence-electron chi connectivity index (χ0n) is 11.7. The summed E-state index contributed by atoms with van der Waals surface area (Å²) < 4.78 is 1.89. The molecule has 1 aromatic heterocycles. The molecule has 0 aromatic carbocycles. The molecule has 1 aliphatic carbocycles. The van der Waals surface area contributed by atoms with Crippen molar-refractivity contribution in [3.63, 3.8) is 0 Å². The lowest BCUT2D eigenvalue weighted by molar-refractivity contribution is 0.553. The van der Waals surface area contributed by atoms with Gasteiger partial charge in [-0.25, -0.2) is 0 Å². The first-order valence-electron chi connectivity index (χ1n) is 7.22. The average Bonchev–Trinajstić information content (AvgIpc) is 2.73. The van der Waals surface area contributed by atoms with Crippen molar-refractivity contribution >= 4 is 0 Å². The lowest BCUT2D eigenvalue weighted by atomic mass is 9.92. The zero-order chi connectivity index (χ0) is 12.8. The van der Waals surface area contributed by atoms with Crippen LogP contribution in [0.2, 0.25) is 0 Å². The molecule has 3 nitrogen and oxygen atoms in total. The van der Waals surface area contributed by atoms with Crippen molar-refractivity contribution in [3.05, 3.63) is 29.6 Å². The van der Waals surface area contributed by atoms with Gasteiger partial charge >= 0.3 is 0 Å². The summed E-state index contributed by atoms with van der Waals surface area (Å²) in [6.45, 7) is 3.17. The smallest absolute Gasteiger partial charge is 0.0567 e. The molecule has 0 amide bonds. The van der Waals surface area contributed by atoms with E-state index in [2.05, 4.69) is 29.6 Å². The van der Waals surface area contributed by atoms with E-state index in [1.165, 1.54) is 44.1 Å². The highest BCUT2D eigenvalue weighted by atomic mass is 15.2. The van der Waals surface area contributed by atoms with Crippen LogP contribution in [0.15, 0.2) is 24.0 Å². The van der Waals surface area contributed by atoms with Crippen molar-refractivity contribution in [3.8, 4) is 0 Å². The molecule has 1 aromatic rings. The lowest BCUT2D eigenvalue weighted by Crippen LogP contribution is -2.23. The minimum atomic E-state index is 0.363. The van der Waals surface area contributed by atoms with E-state index in [-0.39, 0.29) is 0 Å². The molecule has 3 heteroatoms. The molecule has 1 N–H and O–H groups in total. The van der Waals surface area contributed by atoms with Gasteiger partial charge in [0.2, 0.25) is 0 Å². The number of nitrogens with zero attached hydrogens (tertiary/aromatic N) is 2. The first-order valence-corrected chi connectivity index (χ1v) is 7.22. The fraction of sp³-hybridized carbons (Fsp3) is 0.667. The quantitative estimate of drug-likeness (QED) is 0.827. The van der Waals surface area contributed by atoms with Crippen LogP contribution in [0.25, 0.3) is 0 Å². The van der Waals surface area contributed by atoms with Crippen molar-refractivity contribution in [2.45, 2.75) is 51.5 Å². The van der Waals surface area contributed by atoms with Gasteiger partial charge in [0.1, 0.15) is 0 Å². The Morgan fingerprint density at radius 1 is 1.33 bits per heavy atom. The normalized spacial score (nSPS) is 18.9. The van der Waals surface area contributed by atoms with E-state index >= 15 is 0 Å². The molecule has 18 heavy (non-hydrogen) atoms. The number of hydrogen-bond donors (Lipinski definition) is 1. The second-order valence-electron chi connectivity index (χ2n) is 5.17. The zero-order valence-corrected chi connectivity index (χ0v) is 11.7. The Morgan fingerprint density at radius 3 is 2.89 bits per heavy atom. The van der Waals surface area contributed by atoms with Crippen LogP contribution in [0.1, 0.15) is 57.1 Å². The van der Waals surface area contributed by atoms with Gasteiger partial charge in [-0.15, -0.1) is 0 Å². The van der Waals surface area contributed by atoms with Crippen molar-refractivity contribution in [2.75, 3.05) is 6.54 Å². The van der Waals surface area contributed by atoms with Crippen molar-refractivity contribution in [1.82, 2.24) is 15.1 Å². The van der Waals surface area contributed by atoms with E-state index in [0.29, 0.717) is 6.04 Å². The van der Waals surface area contributed by atoms with E-state index in [9.17, 15) is 0 Å². The molecule has 0 saturated heterocycles. The Kier molecular flexibility index (Phi) is 5.00. The molecule has 0 saturated carbocycles.